The number of carbonyl (C=O) groups is 2. The molecule has 0 spiro atoms. The van der Waals surface area contributed by atoms with Gasteiger partial charge in [-0.25, -0.2) is 9.67 Å². The number of amides is 2. The fraction of sp³-hybridized carbons (Fsp3) is 0.0667. The number of hydrogen-bond donors (Lipinski definition) is 2. The number of benzene rings is 1. The first-order valence-electron chi connectivity index (χ1n) is 7.43. The Kier molecular flexibility index (Phi) is 4.98. The maximum atomic E-state index is 12.2. The predicted molar refractivity (Wildman–Crippen MR) is 96.1 cm³/mol. The van der Waals surface area contributed by atoms with Gasteiger partial charge < -0.3 is 4.57 Å². The van der Waals surface area contributed by atoms with Crippen LogP contribution in [0.3, 0.4) is 0 Å². The van der Waals surface area contributed by atoms with Gasteiger partial charge in [-0.15, -0.1) is 0 Å². The molecule has 1 aromatic carbocycles. The van der Waals surface area contributed by atoms with Crippen LogP contribution in [0.1, 0.15) is 20.8 Å². The number of rotatable bonds is 4. The van der Waals surface area contributed by atoms with Crippen LogP contribution >= 0.6 is 15.9 Å². The van der Waals surface area contributed by atoms with Gasteiger partial charge in [0.25, 0.3) is 17.5 Å². The number of nitrogens with one attached hydrogen (secondary N) is 2. The van der Waals surface area contributed by atoms with Crippen molar-refractivity contribution in [2.45, 2.75) is 0 Å². The molecule has 0 unspecified atom stereocenters. The summed E-state index contributed by atoms with van der Waals surface area (Å²) in [6, 6.07) is 5.43. The maximum absolute atomic E-state index is 12.2. The summed E-state index contributed by atoms with van der Waals surface area (Å²) in [7, 11) is 1.67. The summed E-state index contributed by atoms with van der Waals surface area (Å²) >= 11 is 3.25. The van der Waals surface area contributed by atoms with E-state index in [0.717, 1.165) is 6.07 Å². The molecule has 0 aliphatic carbocycles. The molecule has 0 aliphatic rings. The lowest BCUT2D eigenvalue weighted by atomic mass is 10.1. The lowest BCUT2D eigenvalue weighted by molar-refractivity contribution is -0.384. The van der Waals surface area contributed by atoms with Crippen molar-refractivity contribution >= 4 is 33.4 Å². The van der Waals surface area contributed by atoms with Crippen LogP contribution < -0.4 is 10.9 Å². The number of aryl methyl sites for hydroxylation is 1. The zero-order valence-electron chi connectivity index (χ0n) is 13.8. The molecular formula is C15H12BrN7O4. The smallest absolute Gasteiger partial charge is 0.295 e. The highest BCUT2D eigenvalue weighted by atomic mass is 79.9. The second-order valence-corrected chi connectivity index (χ2v) is 6.28. The Bertz CT molecular complexity index is 1030. The van der Waals surface area contributed by atoms with Crippen LogP contribution in [-0.4, -0.2) is 36.1 Å². The summed E-state index contributed by atoms with van der Waals surface area (Å²) in [5, 5.41) is 15.2. The highest BCUT2D eigenvalue weighted by Crippen LogP contribution is 2.23. The number of hydrogen-bond acceptors (Lipinski definition) is 6. The minimum atomic E-state index is -0.704. The van der Waals surface area contributed by atoms with Crippen LogP contribution in [-0.2, 0) is 7.05 Å². The highest BCUT2D eigenvalue weighted by molar-refractivity contribution is 9.10. The molecule has 2 aromatic heterocycles. The largest absolute Gasteiger partial charge is 0.345 e. The number of aromatic nitrogens is 4. The first kappa shape index (κ1) is 18.3. The van der Waals surface area contributed by atoms with Crippen molar-refractivity contribution in [3.63, 3.8) is 0 Å². The van der Waals surface area contributed by atoms with Gasteiger partial charge in [0.2, 0.25) is 0 Å². The molecule has 0 atom stereocenters. The molecule has 11 nitrogen and oxygen atoms in total. The van der Waals surface area contributed by atoms with Crippen LogP contribution in [0.5, 0.6) is 0 Å². The van der Waals surface area contributed by atoms with Gasteiger partial charge in [0, 0.05) is 29.3 Å². The average molecular weight is 434 g/mol. The fourth-order valence-electron chi connectivity index (χ4n) is 2.34. The van der Waals surface area contributed by atoms with Crippen molar-refractivity contribution < 1.29 is 14.5 Å². The third kappa shape index (κ3) is 3.84. The Hall–Kier alpha value is -3.54. The lowest BCUT2D eigenvalue weighted by Gasteiger charge is -2.09. The summed E-state index contributed by atoms with van der Waals surface area (Å²) in [4.78, 5) is 38.8. The van der Waals surface area contributed by atoms with E-state index in [1.165, 1.54) is 29.5 Å². The number of carbonyl (C=O) groups excluding carboxylic acids is 2. The van der Waals surface area contributed by atoms with Crippen LogP contribution in [0.25, 0.3) is 5.69 Å². The molecule has 2 amide bonds. The van der Waals surface area contributed by atoms with Gasteiger partial charge in [0.1, 0.15) is 24.0 Å². The van der Waals surface area contributed by atoms with E-state index >= 15 is 0 Å². The highest BCUT2D eigenvalue weighted by Gasteiger charge is 2.20. The Labute approximate surface area is 160 Å². The van der Waals surface area contributed by atoms with Gasteiger partial charge in [0.05, 0.1) is 4.92 Å². The SMILES string of the molecule is Cn1cc(Br)cc1C(=O)NNC(=O)c1ccc(-n2cncn2)c([N+](=O)[O-])c1. The van der Waals surface area contributed by atoms with Gasteiger partial charge in [-0.3, -0.25) is 30.6 Å². The quantitative estimate of drug-likeness (QED) is 0.470. The summed E-state index contributed by atoms with van der Waals surface area (Å²) < 4.78 is 3.50. The Morgan fingerprint density at radius 1 is 1.22 bits per heavy atom. The Balaban J connectivity index is 1.77. The Morgan fingerprint density at radius 3 is 2.56 bits per heavy atom. The van der Waals surface area contributed by atoms with E-state index < -0.39 is 16.7 Å². The summed E-state index contributed by atoms with van der Waals surface area (Å²) in [6.07, 6.45) is 4.23. The monoisotopic (exact) mass is 433 g/mol. The molecule has 0 saturated carbocycles. The molecule has 138 valence electrons. The second-order valence-electron chi connectivity index (χ2n) is 5.36. The van der Waals surface area contributed by atoms with Crippen molar-refractivity contribution in [3.05, 3.63) is 69.0 Å². The molecule has 3 rings (SSSR count). The molecule has 0 aliphatic heterocycles. The molecule has 0 saturated heterocycles. The molecule has 0 fully saturated rings. The third-order valence-electron chi connectivity index (χ3n) is 3.59. The third-order valence-corrected chi connectivity index (χ3v) is 4.03. The lowest BCUT2D eigenvalue weighted by Crippen LogP contribution is -2.42. The van der Waals surface area contributed by atoms with Gasteiger partial charge in [-0.2, -0.15) is 5.10 Å². The average Bonchev–Trinajstić information content (AvgIpc) is 3.28. The molecule has 3 aromatic rings. The molecule has 0 bridgehead atoms. The number of nitro benzene ring substituents is 1. The van der Waals surface area contributed by atoms with E-state index in [1.54, 1.807) is 23.9 Å². The van der Waals surface area contributed by atoms with Crippen molar-refractivity contribution in [1.29, 1.82) is 0 Å². The number of nitro groups is 1. The van der Waals surface area contributed by atoms with Gasteiger partial charge in [-0.05, 0) is 34.1 Å². The number of hydrazine groups is 1. The first-order chi connectivity index (χ1) is 12.9. The molecule has 12 heteroatoms. The molecule has 0 radical (unpaired) electrons. The summed E-state index contributed by atoms with van der Waals surface area (Å²) in [5.41, 5.74) is 4.64. The van der Waals surface area contributed by atoms with Crippen LogP contribution in [0.4, 0.5) is 5.69 Å². The van der Waals surface area contributed by atoms with E-state index in [2.05, 4.69) is 36.9 Å². The molecule has 2 N–H and O–H groups in total. The van der Waals surface area contributed by atoms with Crippen molar-refractivity contribution in [1.82, 2.24) is 30.2 Å². The molecule has 2 heterocycles. The van der Waals surface area contributed by atoms with E-state index in [1.807, 2.05) is 0 Å². The topological polar surface area (TPSA) is 137 Å². The van der Waals surface area contributed by atoms with Crippen molar-refractivity contribution in [2.24, 2.45) is 7.05 Å². The van der Waals surface area contributed by atoms with Crippen LogP contribution in [0.15, 0.2) is 47.6 Å². The van der Waals surface area contributed by atoms with Crippen LogP contribution in [0.2, 0.25) is 0 Å². The molecular weight excluding hydrogens is 422 g/mol. The second kappa shape index (κ2) is 7.37. The first-order valence-corrected chi connectivity index (χ1v) is 8.22. The van der Waals surface area contributed by atoms with Crippen LogP contribution in [0, 0.1) is 10.1 Å². The normalized spacial score (nSPS) is 10.4. The van der Waals surface area contributed by atoms with E-state index in [0.29, 0.717) is 10.2 Å². The minimum Gasteiger partial charge on any atom is -0.345 e. The van der Waals surface area contributed by atoms with Gasteiger partial charge in [0.15, 0.2) is 0 Å². The minimum absolute atomic E-state index is 0.000994. The van der Waals surface area contributed by atoms with E-state index in [-0.39, 0.29) is 16.9 Å². The molecule has 27 heavy (non-hydrogen) atoms. The fourth-order valence-corrected chi connectivity index (χ4v) is 2.86. The zero-order valence-corrected chi connectivity index (χ0v) is 15.4. The van der Waals surface area contributed by atoms with Crippen molar-refractivity contribution in [2.75, 3.05) is 0 Å². The maximum Gasteiger partial charge on any atom is 0.295 e. The predicted octanol–water partition coefficient (Wildman–Crippen LogP) is 1.35. The summed E-state index contributed by atoms with van der Waals surface area (Å²) in [6.45, 7) is 0. The Morgan fingerprint density at radius 2 is 1.96 bits per heavy atom. The summed E-state index contributed by atoms with van der Waals surface area (Å²) in [5.74, 6) is -1.24. The zero-order chi connectivity index (χ0) is 19.6. The van der Waals surface area contributed by atoms with E-state index in [9.17, 15) is 19.7 Å². The van der Waals surface area contributed by atoms with Gasteiger partial charge in [-0.1, -0.05) is 0 Å². The number of nitrogens with zero attached hydrogens (tertiary/aromatic N) is 5. The van der Waals surface area contributed by atoms with Crippen molar-refractivity contribution in [3.8, 4) is 5.69 Å². The standard InChI is InChI=1S/C15H12BrN7O4/c1-21-6-10(16)5-13(21)15(25)20-19-14(24)9-2-3-11(12(4-9)23(26)27)22-8-17-7-18-22/h2-8H,1H3,(H,19,24)(H,20,25). The van der Waals surface area contributed by atoms with E-state index in [4.69, 9.17) is 0 Å². The van der Waals surface area contributed by atoms with Gasteiger partial charge >= 0.3 is 0 Å². The number of halogens is 1.